The number of ether oxygens (including phenoxy) is 1. The van der Waals surface area contributed by atoms with E-state index in [1.807, 2.05) is 17.9 Å². The molecule has 172 valence electrons. The molecule has 0 bridgehead atoms. The van der Waals surface area contributed by atoms with Gasteiger partial charge in [0, 0.05) is 49.4 Å². The molecule has 0 aliphatic carbocycles. The maximum atomic E-state index is 14.0. The molecule has 1 saturated heterocycles. The summed E-state index contributed by atoms with van der Waals surface area (Å²) in [6.07, 6.45) is 6.52. The summed E-state index contributed by atoms with van der Waals surface area (Å²) in [5.41, 5.74) is 1.29. The Morgan fingerprint density at radius 2 is 1.91 bits per heavy atom. The second-order valence-electron chi connectivity index (χ2n) is 8.16. The number of hydrogen-bond acceptors (Lipinski definition) is 6. The van der Waals surface area contributed by atoms with E-state index < -0.39 is 5.82 Å². The number of para-hydroxylation sites is 1. The van der Waals surface area contributed by atoms with Gasteiger partial charge in [-0.25, -0.2) is 19.0 Å². The van der Waals surface area contributed by atoms with Gasteiger partial charge < -0.3 is 9.64 Å². The molecular formula is C25H23FN6O2. The molecule has 4 aromatic rings. The van der Waals surface area contributed by atoms with Crippen LogP contribution in [0.2, 0.25) is 0 Å². The Hall–Kier alpha value is -4.14. The highest BCUT2D eigenvalue weighted by Crippen LogP contribution is 2.29. The first-order chi connectivity index (χ1) is 16.6. The Morgan fingerprint density at radius 1 is 1.09 bits per heavy atom. The summed E-state index contributed by atoms with van der Waals surface area (Å²) in [7, 11) is 0. The van der Waals surface area contributed by atoms with Crippen molar-refractivity contribution in [2.75, 3.05) is 13.1 Å². The predicted octanol–water partition coefficient (Wildman–Crippen LogP) is 4.32. The molecule has 1 aromatic carbocycles. The summed E-state index contributed by atoms with van der Waals surface area (Å²) < 4.78 is 21.3. The highest BCUT2D eigenvalue weighted by molar-refractivity contribution is 5.94. The zero-order valence-corrected chi connectivity index (χ0v) is 18.6. The van der Waals surface area contributed by atoms with Crippen LogP contribution in [0.3, 0.4) is 0 Å². The Bertz CT molecular complexity index is 1290. The number of benzene rings is 1. The van der Waals surface area contributed by atoms with Crippen molar-refractivity contribution in [3.05, 3.63) is 90.0 Å². The number of hydrogen-bond donors (Lipinski definition) is 0. The second-order valence-corrected chi connectivity index (χ2v) is 8.16. The molecule has 0 atom stereocenters. The van der Waals surface area contributed by atoms with E-state index in [-0.39, 0.29) is 17.6 Å². The molecular weight excluding hydrogens is 435 g/mol. The van der Waals surface area contributed by atoms with Gasteiger partial charge in [-0.05, 0) is 50.1 Å². The number of aromatic nitrogens is 5. The number of halogens is 1. The number of carbonyl (C=O) groups excluding carboxylic acids is 1. The molecule has 1 fully saturated rings. The molecule has 8 nitrogen and oxygen atoms in total. The molecule has 0 unspecified atom stereocenters. The summed E-state index contributed by atoms with van der Waals surface area (Å²) in [6, 6.07) is 13.3. The van der Waals surface area contributed by atoms with E-state index in [0.29, 0.717) is 36.2 Å². The molecule has 5 rings (SSSR count). The quantitative estimate of drug-likeness (QED) is 0.443. The number of rotatable bonds is 5. The van der Waals surface area contributed by atoms with Crippen LogP contribution in [-0.2, 0) is 0 Å². The van der Waals surface area contributed by atoms with E-state index in [2.05, 4.69) is 20.1 Å². The van der Waals surface area contributed by atoms with Crippen LogP contribution in [0.5, 0.6) is 11.6 Å². The van der Waals surface area contributed by atoms with Gasteiger partial charge in [0.25, 0.3) is 5.91 Å². The average molecular weight is 458 g/mol. The SMILES string of the molecule is Cc1cc(Oc2ccccc2F)nc(C2CCN(C(=O)c3ccc(-n4cccn4)nc3)CC2)n1. The zero-order valence-electron chi connectivity index (χ0n) is 18.6. The van der Waals surface area contributed by atoms with Crippen LogP contribution < -0.4 is 4.74 Å². The molecule has 0 spiro atoms. The first kappa shape index (κ1) is 21.7. The average Bonchev–Trinajstić information content (AvgIpc) is 3.40. The van der Waals surface area contributed by atoms with E-state index in [1.54, 1.807) is 59.7 Å². The number of pyridine rings is 1. The Labute approximate surface area is 196 Å². The number of amides is 1. The Kier molecular flexibility index (Phi) is 5.99. The zero-order chi connectivity index (χ0) is 23.5. The topological polar surface area (TPSA) is 86.0 Å². The molecule has 1 amide bonds. The Morgan fingerprint density at radius 3 is 2.62 bits per heavy atom. The summed E-state index contributed by atoms with van der Waals surface area (Å²) in [6.45, 7) is 3.04. The summed E-state index contributed by atoms with van der Waals surface area (Å²) in [4.78, 5) is 28.3. The molecule has 1 aliphatic heterocycles. The van der Waals surface area contributed by atoms with Crippen LogP contribution in [-0.4, -0.2) is 48.6 Å². The molecule has 3 aromatic heterocycles. The van der Waals surface area contributed by atoms with Gasteiger partial charge in [-0.3, -0.25) is 4.79 Å². The molecule has 0 N–H and O–H groups in total. The van der Waals surface area contributed by atoms with Crippen molar-refractivity contribution in [1.29, 1.82) is 0 Å². The monoisotopic (exact) mass is 458 g/mol. The van der Waals surface area contributed by atoms with Crippen LogP contribution in [0.4, 0.5) is 4.39 Å². The smallest absolute Gasteiger partial charge is 0.255 e. The fourth-order valence-corrected chi connectivity index (χ4v) is 4.01. The van der Waals surface area contributed by atoms with E-state index in [0.717, 1.165) is 18.5 Å². The van der Waals surface area contributed by atoms with Crippen molar-refractivity contribution in [3.8, 4) is 17.4 Å². The first-order valence-electron chi connectivity index (χ1n) is 11.1. The molecule has 9 heteroatoms. The first-order valence-corrected chi connectivity index (χ1v) is 11.1. The number of carbonyl (C=O) groups is 1. The van der Waals surface area contributed by atoms with Gasteiger partial charge in [-0.2, -0.15) is 10.1 Å². The van der Waals surface area contributed by atoms with E-state index in [4.69, 9.17) is 4.74 Å². The van der Waals surface area contributed by atoms with Gasteiger partial charge in [0.15, 0.2) is 17.4 Å². The van der Waals surface area contributed by atoms with Crippen molar-refractivity contribution in [2.45, 2.75) is 25.7 Å². The van der Waals surface area contributed by atoms with Gasteiger partial charge >= 0.3 is 0 Å². The normalized spacial score (nSPS) is 14.2. The second kappa shape index (κ2) is 9.38. The molecule has 4 heterocycles. The van der Waals surface area contributed by atoms with Crippen molar-refractivity contribution >= 4 is 5.91 Å². The fraction of sp³-hybridized carbons (Fsp3) is 0.240. The largest absolute Gasteiger partial charge is 0.436 e. The maximum absolute atomic E-state index is 14.0. The summed E-state index contributed by atoms with van der Waals surface area (Å²) in [5, 5.41) is 4.15. The lowest BCUT2D eigenvalue weighted by atomic mass is 9.95. The predicted molar refractivity (Wildman–Crippen MR) is 122 cm³/mol. The lowest BCUT2D eigenvalue weighted by Crippen LogP contribution is -2.38. The van der Waals surface area contributed by atoms with Crippen LogP contribution in [0, 0.1) is 12.7 Å². The van der Waals surface area contributed by atoms with E-state index in [1.165, 1.54) is 6.07 Å². The van der Waals surface area contributed by atoms with Crippen LogP contribution in [0.15, 0.2) is 67.1 Å². The number of nitrogens with zero attached hydrogens (tertiary/aromatic N) is 6. The Balaban J connectivity index is 1.24. The third-order valence-electron chi connectivity index (χ3n) is 5.78. The van der Waals surface area contributed by atoms with Gasteiger partial charge in [-0.15, -0.1) is 0 Å². The third-order valence-corrected chi connectivity index (χ3v) is 5.78. The molecule has 34 heavy (non-hydrogen) atoms. The molecule has 0 radical (unpaired) electrons. The summed E-state index contributed by atoms with van der Waals surface area (Å²) >= 11 is 0. The van der Waals surface area contributed by atoms with Crippen molar-refractivity contribution in [2.24, 2.45) is 0 Å². The fourth-order valence-electron chi connectivity index (χ4n) is 4.01. The minimum absolute atomic E-state index is 0.0494. The van der Waals surface area contributed by atoms with Gasteiger partial charge in [0.2, 0.25) is 5.88 Å². The van der Waals surface area contributed by atoms with Crippen molar-refractivity contribution in [1.82, 2.24) is 29.6 Å². The van der Waals surface area contributed by atoms with Gasteiger partial charge in [0.05, 0.1) is 5.56 Å². The van der Waals surface area contributed by atoms with Crippen molar-refractivity contribution < 1.29 is 13.9 Å². The number of aryl methyl sites for hydroxylation is 1. The van der Waals surface area contributed by atoms with Crippen LogP contribution in [0.25, 0.3) is 5.82 Å². The minimum Gasteiger partial charge on any atom is -0.436 e. The molecule has 0 saturated carbocycles. The number of piperidine rings is 1. The molecule has 1 aliphatic rings. The maximum Gasteiger partial charge on any atom is 0.255 e. The number of likely N-dealkylation sites (tertiary alicyclic amines) is 1. The lowest BCUT2D eigenvalue weighted by molar-refractivity contribution is 0.0710. The summed E-state index contributed by atoms with van der Waals surface area (Å²) in [5.74, 6) is 1.35. The van der Waals surface area contributed by atoms with Crippen LogP contribution in [0.1, 0.15) is 40.6 Å². The van der Waals surface area contributed by atoms with Gasteiger partial charge in [0.1, 0.15) is 5.82 Å². The highest BCUT2D eigenvalue weighted by atomic mass is 19.1. The van der Waals surface area contributed by atoms with Crippen molar-refractivity contribution in [3.63, 3.8) is 0 Å². The third kappa shape index (κ3) is 4.63. The lowest BCUT2D eigenvalue weighted by Gasteiger charge is -2.31. The standard InChI is InChI=1S/C25H23FN6O2/c1-17-15-23(34-21-6-3-2-5-20(21)26)30-24(29-17)18-9-13-31(14-10-18)25(33)19-7-8-22(27-16-19)32-12-4-11-28-32/h2-8,11-12,15-16,18H,9-10,13-14H2,1H3. The minimum atomic E-state index is -0.445. The van der Waals surface area contributed by atoms with Gasteiger partial charge in [-0.1, -0.05) is 12.1 Å². The van der Waals surface area contributed by atoms with E-state index >= 15 is 0 Å². The highest BCUT2D eigenvalue weighted by Gasteiger charge is 2.27. The van der Waals surface area contributed by atoms with E-state index in [9.17, 15) is 9.18 Å². The van der Waals surface area contributed by atoms with Crippen LogP contribution >= 0.6 is 0 Å².